The molecule has 2 aromatic carbocycles. The number of rotatable bonds is 5. The maximum absolute atomic E-state index is 12.3. The smallest absolute Gasteiger partial charge is 0.258 e. The maximum atomic E-state index is 12.3. The molecule has 8 heteroatoms. The zero-order chi connectivity index (χ0) is 16.3. The van der Waals surface area contributed by atoms with Crippen molar-refractivity contribution < 1.29 is 13.3 Å². The molecule has 0 fully saturated rings. The number of hydrogen-bond acceptors (Lipinski definition) is 4. The van der Waals surface area contributed by atoms with E-state index >= 15 is 0 Å². The van der Waals surface area contributed by atoms with Gasteiger partial charge in [-0.1, -0.05) is 35.9 Å². The lowest BCUT2D eigenvalue weighted by atomic mass is 10.1. The van der Waals surface area contributed by atoms with Gasteiger partial charge in [0.1, 0.15) is 0 Å². The van der Waals surface area contributed by atoms with Crippen molar-refractivity contribution in [2.45, 2.75) is 18.4 Å². The fourth-order valence-corrected chi connectivity index (χ4v) is 3.42. The van der Waals surface area contributed by atoms with Crippen molar-refractivity contribution in [3.05, 3.63) is 68.7 Å². The van der Waals surface area contributed by atoms with Gasteiger partial charge in [0.15, 0.2) is 4.90 Å². The molecule has 0 saturated carbocycles. The summed E-state index contributed by atoms with van der Waals surface area (Å²) in [7, 11) is -4.02. The van der Waals surface area contributed by atoms with Crippen LogP contribution in [0.25, 0.3) is 0 Å². The van der Waals surface area contributed by atoms with Crippen LogP contribution in [0.2, 0.25) is 5.02 Å². The minimum Gasteiger partial charge on any atom is -0.258 e. The summed E-state index contributed by atoms with van der Waals surface area (Å²) in [5, 5.41) is 11.4. The molecule has 116 valence electrons. The molecule has 1 N–H and O–H groups in total. The van der Waals surface area contributed by atoms with Gasteiger partial charge in [0.05, 0.1) is 4.92 Å². The molecule has 0 aromatic heterocycles. The first-order valence-electron chi connectivity index (χ1n) is 6.30. The van der Waals surface area contributed by atoms with Crippen LogP contribution in [0.5, 0.6) is 0 Å². The van der Waals surface area contributed by atoms with Crippen LogP contribution in [-0.2, 0) is 16.6 Å². The summed E-state index contributed by atoms with van der Waals surface area (Å²) in [6.07, 6.45) is 0. The summed E-state index contributed by atoms with van der Waals surface area (Å²) in [4.78, 5) is 9.85. The van der Waals surface area contributed by atoms with Crippen LogP contribution < -0.4 is 4.72 Å². The molecule has 2 rings (SSSR count). The summed E-state index contributed by atoms with van der Waals surface area (Å²) in [5.41, 5.74) is 0.995. The molecule has 0 bridgehead atoms. The normalized spacial score (nSPS) is 11.4. The second-order valence-electron chi connectivity index (χ2n) is 4.58. The predicted octanol–water partition coefficient (Wildman–Crippen LogP) is 3.04. The Bertz CT molecular complexity index is 801. The molecule has 0 saturated heterocycles. The Labute approximate surface area is 132 Å². The molecule has 0 aliphatic rings. The van der Waals surface area contributed by atoms with Crippen LogP contribution in [0.1, 0.15) is 11.1 Å². The standard InChI is InChI=1S/C14H13ClN2O4S/c1-10-5-4-6-12(15)11(10)9-16-22(20,21)14-8-3-2-7-13(14)17(18)19/h2-8,16H,9H2,1H3. The molecule has 0 heterocycles. The highest BCUT2D eigenvalue weighted by molar-refractivity contribution is 7.89. The molecular formula is C14H13ClN2O4S. The zero-order valence-electron chi connectivity index (χ0n) is 11.6. The van der Waals surface area contributed by atoms with E-state index in [2.05, 4.69) is 4.72 Å². The van der Waals surface area contributed by atoms with E-state index in [1.165, 1.54) is 18.2 Å². The summed E-state index contributed by atoms with van der Waals surface area (Å²) < 4.78 is 26.9. The Balaban J connectivity index is 2.32. The average Bonchev–Trinajstić information content (AvgIpc) is 2.46. The van der Waals surface area contributed by atoms with Crippen LogP contribution in [0.4, 0.5) is 5.69 Å². The molecule has 0 aliphatic carbocycles. The van der Waals surface area contributed by atoms with Gasteiger partial charge in [-0.15, -0.1) is 0 Å². The predicted molar refractivity (Wildman–Crippen MR) is 83.3 cm³/mol. The largest absolute Gasteiger partial charge is 0.289 e. The third-order valence-corrected chi connectivity index (χ3v) is 4.95. The Morgan fingerprint density at radius 2 is 1.86 bits per heavy atom. The second-order valence-corrected chi connectivity index (χ2v) is 6.73. The number of sulfonamides is 1. The third kappa shape index (κ3) is 3.44. The van der Waals surface area contributed by atoms with E-state index < -0.39 is 20.6 Å². The molecule has 22 heavy (non-hydrogen) atoms. The Morgan fingerprint density at radius 3 is 2.50 bits per heavy atom. The average molecular weight is 341 g/mol. The number of nitro benzene ring substituents is 1. The van der Waals surface area contributed by atoms with Gasteiger partial charge in [-0.3, -0.25) is 10.1 Å². The molecular weight excluding hydrogens is 328 g/mol. The molecule has 0 radical (unpaired) electrons. The van der Waals surface area contributed by atoms with E-state index in [1.54, 1.807) is 25.1 Å². The van der Waals surface area contributed by atoms with Gasteiger partial charge in [0.2, 0.25) is 10.0 Å². The number of benzene rings is 2. The quantitative estimate of drug-likeness (QED) is 0.669. The van der Waals surface area contributed by atoms with Crippen molar-refractivity contribution in [3.8, 4) is 0 Å². The lowest BCUT2D eigenvalue weighted by molar-refractivity contribution is -0.387. The van der Waals surface area contributed by atoms with Gasteiger partial charge in [-0.25, -0.2) is 13.1 Å². The van der Waals surface area contributed by atoms with Gasteiger partial charge in [0, 0.05) is 17.6 Å². The second kappa shape index (κ2) is 6.43. The van der Waals surface area contributed by atoms with E-state index in [-0.39, 0.29) is 11.4 Å². The SMILES string of the molecule is Cc1cccc(Cl)c1CNS(=O)(=O)c1ccccc1[N+](=O)[O-]. The van der Waals surface area contributed by atoms with Gasteiger partial charge < -0.3 is 0 Å². The Kier molecular flexibility index (Phi) is 4.80. The van der Waals surface area contributed by atoms with Crippen LogP contribution in [0, 0.1) is 17.0 Å². The van der Waals surface area contributed by atoms with Gasteiger partial charge in [0.25, 0.3) is 5.69 Å². The Morgan fingerprint density at radius 1 is 1.18 bits per heavy atom. The molecule has 2 aromatic rings. The minimum absolute atomic E-state index is 0.0418. The van der Waals surface area contributed by atoms with E-state index in [4.69, 9.17) is 11.6 Å². The molecule has 6 nitrogen and oxygen atoms in total. The van der Waals surface area contributed by atoms with Crippen molar-refractivity contribution >= 4 is 27.3 Å². The molecule has 0 spiro atoms. The van der Waals surface area contributed by atoms with Crippen molar-refractivity contribution in [1.29, 1.82) is 0 Å². The lowest BCUT2D eigenvalue weighted by Gasteiger charge is -2.10. The number of aryl methyl sites for hydroxylation is 1. The summed E-state index contributed by atoms with van der Waals surface area (Å²) in [6, 6.07) is 10.4. The van der Waals surface area contributed by atoms with Gasteiger partial charge in [-0.05, 0) is 30.2 Å². The monoisotopic (exact) mass is 340 g/mol. The fraction of sp³-hybridized carbons (Fsp3) is 0.143. The Hall–Kier alpha value is -1.96. The maximum Gasteiger partial charge on any atom is 0.289 e. The zero-order valence-corrected chi connectivity index (χ0v) is 13.2. The molecule has 0 unspecified atom stereocenters. The fourth-order valence-electron chi connectivity index (χ4n) is 1.97. The first-order valence-corrected chi connectivity index (χ1v) is 8.16. The lowest BCUT2D eigenvalue weighted by Crippen LogP contribution is -2.24. The van der Waals surface area contributed by atoms with Crippen LogP contribution in [0.15, 0.2) is 47.4 Å². The van der Waals surface area contributed by atoms with Crippen LogP contribution in [-0.4, -0.2) is 13.3 Å². The van der Waals surface area contributed by atoms with Crippen molar-refractivity contribution in [2.24, 2.45) is 0 Å². The van der Waals surface area contributed by atoms with E-state index in [0.717, 1.165) is 11.6 Å². The van der Waals surface area contributed by atoms with Crippen molar-refractivity contribution in [2.75, 3.05) is 0 Å². The molecule has 0 amide bonds. The third-order valence-electron chi connectivity index (χ3n) is 3.14. The van der Waals surface area contributed by atoms with E-state index in [0.29, 0.717) is 10.6 Å². The number of nitrogens with zero attached hydrogens (tertiary/aromatic N) is 1. The number of halogens is 1. The van der Waals surface area contributed by atoms with Crippen molar-refractivity contribution in [3.63, 3.8) is 0 Å². The van der Waals surface area contributed by atoms with Gasteiger partial charge >= 0.3 is 0 Å². The summed E-state index contributed by atoms with van der Waals surface area (Å²) >= 11 is 6.04. The highest BCUT2D eigenvalue weighted by Gasteiger charge is 2.25. The van der Waals surface area contributed by atoms with Crippen molar-refractivity contribution in [1.82, 2.24) is 4.72 Å². The van der Waals surface area contributed by atoms with E-state index in [1.807, 2.05) is 0 Å². The number of nitro groups is 1. The minimum atomic E-state index is -4.02. The molecule has 0 atom stereocenters. The number of nitrogens with one attached hydrogen (secondary N) is 1. The van der Waals surface area contributed by atoms with Gasteiger partial charge in [-0.2, -0.15) is 0 Å². The molecule has 0 aliphatic heterocycles. The topological polar surface area (TPSA) is 89.3 Å². The number of hydrogen-bond donors (Lipinski definition) is 1. The summed E-state index contributed by atoms with van der Waals surface area (Å²) in [5.74, 6) is 0. The summed E-state index contributed by atoms with van der Waals surface area (Å²) in [6.45, 7) is 1.76. The highest BCUT2D eigenvalue weighted by Crippen LogP contribution is 2.24. The highest BCUT2D eigenvalue weighted by atomic mass is 35.5. The van der Waals surface area contributed by atoms with Crippen LogP contribution >= 0.6 is 11.6 Å². The first kappa shape index (κ1) is 16.4. The number of para-hydroxylation sites is 1. The first-order chi connectivity index (χ1) is 10.3. The van der Waals surface area contributed by atoms with Crippen LogP contribution in [0.3, 0.4) is 0 Å². The van der Waals surface area contributed by atoms with E-state index in [9.17, 15) is 18.5 Å².